The van der Waals surface area contributed by atoms with Gasteiger partial charge in [0.05, 0.1) is 0 Å². The molecule has 0 spiro atoms. The quantitative estimate of drug-likeness (QED) is 0.613. The van der Waals surface area contributed by atoms with E-state index in [9.17, 15) is 9.18 Å². The molecule has 1 aliphatic rings. The van der Waals surface area contributed by atoms with Crippen LogP contribution in [0, 0.1) is 11.8 Å². The number of unbranched alkanes of at least 4 members (excludes halogenated alkanes) is 2. The predicted octanol–water partition coefficient (Wildman–Crippen LogP) is 3.26. The van der Waals surface area contributed by atoms with Gasteiger partial charge in [0.2, 0.25) is 0 Å². The maximum absolute atomic E-state index is 13.0. The highest BCUT2D eigenvalue weighted by molar-refractivity contribution is 5.95. The van der Waals surface area contributed by atoms with Gasteiger partial charge in [-0.05, 0) is 6.42 Å². The normalized spacial score (nSPS) is 27.9. The van der Waals surface area contributed by atoms with Gasteiger partial charge in [0.1, 0.15) is 5.83 Å². The Bertz CT molecular complexity index is 220. The molecular formula is C11H17FO. The number of carbonyl (C=O) groups excluding carboxylic acids is 1. The Morgan fingerprint density at radius 2 is 2.15 bits per heavy atom. The number of allylic oxidation sites excluding steroid dienone is 2. The first kappa shape index (κ1) is 10.4. The maximum Gasteiger partial charge on any atom is 0.162 e. The van der Waals surface area contributed by atoms with E-state index in [2.05, 4.69) is 6.92 Å². The van der Waals surface area contributed by atoms with Gasteiger partial charge in [-0.2, -0.15) is 0 Å². The van der Waals surface area contributed by atoms with E-state index in [1.54, 1.807) is 6.92 Å². The molecule has 2 unspecified atom stereocenters. The number of ketones is 1. The van der Waals surface area contributed by atoms with E-state index in [1.165, 1.54) is 6.08 Å². The maximum atomic E-state index is 13.0. The zero-order chi connectivity index (χ0) is 9.84. The minimum atomic E-state index is -0.230. The van der Waals surface area contributed by atoms with Crippen molar-refractivity contribution >= 4 is 5.78 Å². The first-order valence-electron chi connectivity index (χ1n) is 5.07. The van der Waals surface area contributed by atoms with Gasteiger partial charge in [0.15, 0.2) is 5.78 Å². The molecule has 2 heteroatoms. The predicted molar refractivity (Wildman–Crippen MR) is 51.0 cm³/mol. The molecule has 0 N–H and O–H groups in total. The second kappa shape index (κ2) is 4.54. The van der Waals surface area contributed by atoms with E-state index < -0.39 is 0 Å². The van der Waals surface area contributed by atoms with Crippen molar-refractivity contribution in [3.63, 3.8) is 0 Å². The third-order valence-corrected chi connectivity index (χ3v) is 2.80. The first-order chi connectivity index (χ1) is 6.16. The number of rotatable bonds is 4. The van der Waals surface area contributed by atoms with Crippen LogP contribution in [-0.2, 0) is 4.79 Å². The SMILES string of the molecule is CCCCCC1C(=O)C=C(F)C1C. The molecule has 1 nitrogen and oxygen atoms in total. The first-order valence-corrected chi connectivity index (χ1v) is 5.07. The van der Waals surface area contributed by atoms with Crippen molar-refractivity contribution in [2.24, 2.45) is 11.8 Å². The van der Waals surface area contributed by atoms with E-state index in [0.29, 0.717) is 0 Å². The van der Waals surface area contributed by atoms with E-state index in [1.807, 2.05) is 0 Å². The lowest BCUT2D eigenvalue weighted by Crippen LogP contribution is -2.14. The second-order valence-electron chi connectivity index (χ2n) is 3.82. The molecule has 0 saturated heterocycles. The van der Waals surface area contributed by atoms with Gasteiger partial charge in [-0.3, -0.25) is 4.79 Å². The average molecular weight is 184 g/mol. The van der Waals surface area contributed by atoms with Crippen molar-refractivity contribution in [3.8, 4) is 0 Å². The minimum absolute atomic E-state index is 0.0129. The fraction of sp³-hybridized carbons (Fsp3) is 0.727. The van der Waals surface area contributed by atoms with Gasteiger partial charge in [-0.1, -0.05) is 33.1 Å². The van der Waals surface area contributed by atoms with E-state index in [4.69, 9.17) is 0 Å². The molecule has 0 radical (unpaired) electrons. The van der Waals surface area contributed by atoms with Crippen molar-refractivity contribution in [2.75, 3.05) is 0 Å². The van der Waals surface area contributed by atoms with Crippen molar-refractivity contribution in [1.82, 2.24) is 0 Å². The molecule has 74 valence electrons. The van der Waals surface area contributed by atoms with Gasteiger partial charge in [-0.15, -0.1) is 0 Å². The standard InChI is InChI=1S/C11H17FO/c1-3-4-5-6-9-8(2)10(12)7-11(9)13/h7-9H,3-6H2,1-2H3. The molecule has 13 heavy (non-hydrogen) atoms. The Kier molecular flexibility index (Phi) is 3.64. The van der Waals surface area contributed by atoms with Crippen molar-refractivity contribution < 1.29 is 9.18 Å². The fourth-order valence-corrected chi connectivity index (χ4v) is 1.82. The third-order valence-electron chi connectivity index (χ3n) is 2.80. The summed E-state index contributed by atoms with van der Waals surface area (Å²) in [6.07, 6.45) is 5.33. The lowest BCUT2D eigenvalue weighted by molar-refractivity contribution is -0.118. The van der Waals surface area contributed by atoms with E-state index in [0.717, 1.165) is 25.7 Å². The van der Waals surface area contributed by atoms with Crippen LogP contribution in [0.1, 0.15) is 39.5 Å². The molecule has 0 fully saturated rings. The van der Waals surface area contributed by atoms with Gasteiger partial charge in [0.25, 0.3) is 0 Å². The molecule has 0 bridgehead atoms. The summed E-state index contributed by atoms with van der Waals surface area (Å²) in [4.78, 5) is 11.3. The molecule has 0 heterocycles. The Morgan fingerprint density at radius 3 is 2.62 bits per heavy atom. The van der Waals surface area contributed by atoms with Crippen molar-refractivity contribution in [1.29, 1.82) is 0 Å². The van der Waals surface area contributed by atoms with E-state index >= 15 is 0 Å². The van der Waals surface area contributed by atoms with Crippen LogP contribution in [0.5, 0.6) is 0 Å². The molecule has 0 aromatic rings. The summed E-state index contributed by atoms with van der Waals surface area (Å²) in [5, 5.41) is 0. The van der Waals surface area contributed by atoms with E-state index in [-0.39, 0.29) is 23.4 Å². The Balaban J connectivity index is 2.39. The molecule has 1 aliphatic carbocycles. The van der Waals surface area contributed by atoms with Crippen LogP contribution >= 0.6 is 0 Å². The topological polar surface area (TPSA) is 17.1 Å². The Labute approximate surface area is 79.0 Å². The van der Waals surface area contributed by atoms with Crippen molar-refractivity contribution in [3.05, 3.63) is 11.9 Å². The molecule has 0 aromatic carbocycles. The van der Waals surface area contributed by atoms with Gasteiger partial charge in [-0.25, -0.2) is 4.39 Å². The monoisotopic (exact) mass is 184 g/mol. The van der Waals surface area contributed by atoms with Crippen LogP contribution in [0.15, 0.2) is 11.9 Å². The van der Waals surface area contributed by atoms with Crippen LogP contribution < -0.4 is 0 Å². The summed E-state index contributed by atoms with van der Waals surface area (Å²) >= 11 is 0. The van der Waals surface area contributed by atoms with Crippen LogP contribution in [0.4, 0.5) is 4.39 Å². The average Bonchev–Trinajstić information content (AvgIpc) is 2.32. The van der Waals surface area contributed by atoms with Crippen LogP contribution in [-0.4, -0.2) is 5.78 Å². The van der Waals surface area contributed by atoms with Crippen LogP contribution in [0.2, 0.25) is 0 Å². The van der Waals surface area contributed by atoms with Crippen LogP contribution in [0.3, 0.4) is 0 Å². The molecular weight excluding hydrogens is 167 g/mol. The smallest absolute Gasteiger partial charge is 0.162 e. The highest BCUT2D eigenvalue weighted by atomic mass is 19.1. The van der Waals surface area contributed by atoms with Gasteiger partial charge < -0.3 is 0 Å². The van der Waals surface area contributed by atoms with Gasteiger partial charge in [0, 0.05) is 17.9 Å². The lowest BCUT2D eigenvalue weighted by Gasteiger charge is -2.13. The third kappa shape index (κ3) is 2.39. The summed E-state index contributed by atoms with van der Waals surface area (Å²) in [5.74, 6) is -0.497. The molecule has 2 atom stereocenters. The molecule has 0 aromatic heterocycles. The zero-order valence-corrected chi connectivity index (χ0v) is 8.35. The largest absolute Gasteiger partial charge is 0.294 e. The van der Waals surface area contributed by atoms with Gasteiger partial charge >= 0.3 is 0 Å². The number of carbonyl (C=O) groups is 1. The summed E-state index contributed by atoms with van der Waals surface area (Å²) in [5.41, 5.74) is 0. The highest BCUT2D eigenvalue weighted by Gasteiger charge is 2.32. The number of hydrogen-bond acceptors (Lipinski definition) is 1. The Hall–Kier alpha value is -0.660. The molecule has 0 saturated carbocycles. The number of halogens is 1. The summed E-state index contributed by atoms with van der Waals surface area (Å²) in [6, 6.07) is 0. The van der Waals surface area contributed by atoms with Crippen LogP contribution in [0.25, 0.3) is 0 Å². The fourth-order valence-electron chi connectivity index (χ4n) is 1.82. The summed E-state index contributed by atoms with van der Waals surface area (Å²) in [7, 11) is 0. The summed E-state index contributed by atoms with van der Waals surface area (Å²) < 4.78 is 13.0. The number of hydrogen-bond donors (Lipinski definition) is 0. The lowest BCUT2D eigenvalue weighted by atomic mass is 9.90. The molecule has 0 amide bonds. The second-order valence-corrected chi connectivity index (χ2v) is 3.82. The Morgan fingerprint density at radius 1 is 1.46 bits per heavy atom. The summed E-state index contributed by atoms with van der Waals surface area (Å²) in [6.45, 7) is 3.92. The highest BCUT2D eigenvalue weighted by Crippen LogP contribution is 2.33. The minimum Gasteiger partial charge on any atom is -0.294 e. The molecule has 1 rings (SSSR count). The zero-order valence-electron chi connectivity index (χ0n) is 8.35. The molecule has 0 aliphatic heterocycles. The van der Waals surface area contributed by atoms with Crippen molar-refractivity contribution in [2.45, 2.75) is 39.5 Å².